The van der Waals surface area contributed by atoms with Crippen LogP contribution in [0.2, 0.25) is 0 Å². The molecule has 0 unspecified atom stereocenters. The van der Waals surface area contributed by atoms with Gasteiger partial charge < -0.3 is 4.74 Å². The van der Waals surface area contributed by atoms with E-state index in [1.165, 1.54) is 0 Å². The fourth-order valence-corrected chi connectivity index (χ4v) is 2.47. The van der Waals surface area contributed by atoms with Crippen LogP contribution in [0.25, 0.3) is 0 Å². The number of esters is 1. The molecule has 118 valence electrons. The van der Waals surface area contributed by atoms with Crippen LogP contribution in [0.4, 0.5) is 0 Å². The van der Waals surface area contributed by atoms with E-state index in [1.54, 1.807) is 48.5 Å². The lowest BCUT2D eigenvalue weighted by Crippen LogP contribution is -2.35. The number of rotatable bonds is 4. The highest BCUT2D eigenvalue weighted by atomic mass is 16.5. The van der Waals surface area contributed by atoms with Crippen LogP contribution < -0.4 is 0 Å². The fraction of sp³-hybridized carbons (Fsp3) is 0.111. The predicted octanol–water partition coefficient (Wildman–Crippen LogP) is 1.90. The first-order valence-electron chi connectivity index (χ1n) is 7.20. The molecule has 1 heterocycles. The Bertz CT molecular complexity index is 848. The van der Waals surface area contributed by atoms with Gasteiger partial charge in [-0.25, -0.2) is 0 Å². The molecule has 2 aromatic rings. The van der Waals surface area contributed by atoms with Crippen LogP contribution in [-0.4, -0.2) is 29.2 Å². The number of carbonyl (C=O) groups excluding carboxylic acids is 3. The Morgan fingerprint density at radius 3 is 2.21 bits per heavy atom. The van der Waals surface area contributed by atoms with Crippen molar-refractivity contribution in [1.29, 1.82) is 5.26 Å². The van der Waals surface area contributed by atoms with Crippen molar-refractivity contribution in [3.8, 4) is 6.07 Å². The molecule has 0 bridgehead atoms. The van der Waals surface area contributed by atoms with Gasteiger partial charge >= 0.3 is 5.97 Å². The molecule has 1 aliphatic rings. The smallest absolute Gasteiger partial charge is 0.326 e. The van der Waals surface area contributed by atoms with Crippen molar-refractivity contribution in [2.24, 2.45) is 0 Å². The second-order valence-corrected chi connectivity index (χ2v) is 5.17. The first-order chi connectivity index (χ1) is 11.6. The lowest BCUT2D eigenvalue weighted by Gasteiger charge is -2.13. The summed E-state index contributed by atoms with van der Waals surface area (Å²) < 4.78 is 5.09. The van der Waals surface area contributed by atoms with Crippen LogP contribution in [-0.2, 0) is 16.1 Å². The topological polar surface area (TPSA) is 87.5 Å². The fourth-order valence-electron chi connectivity index (χ4n) is 2.47. The summed E-state index contributed by atoms with van der Waals surface area (Å²) in [4.78, 5) is 37.2. The minimum Gasteiger partial charge on any atom is -0.459 e. The second kappa shape index (κ2) is 6.34. The van der Waals surface area contributed by atoms with E-state index in [4.69, 9.17) is 10.00 Å². The molecule has 0 aromatic heterocycles. The van der Waals surface area contributed by atoms with Crippen LogP contribution in [0, 0.1) is 11.3 Å². The van der Waals surface area contributed by atoms with Crippen molar-refractivity contribution in [3.05, 3.63) is 70.8 Å². The number of imide groups is 1. The van der Waals surface area contributed by atoms with Crippen molar-refractivity contribution in [3.63, 3.8) is 0 Å². The van der Waals surface area contributed by atoms with E-state index in [0.29, 0.717) is 11.1 Å². The Kier molecular flexibility index (Phi) is 4.08. The molecule has 2 aromatic carbocycles. The number of nitriles is 1. The summed E-state index contributed by atoms with van der Waals surface area (Å²) in [6, 6.07) is 15.1. The zero-order valence-corrected chi connectivity index (χ0v) is 12.6. The lowest BCUT2D eigenvalue weighted by molar-refractivity contribution is -0.145. The van der Waals surface area contributed by atoms with Gasteiger partial charge in [0.25, 0.3) is 11.8 Å². The monoisotopic (exact) mass is 320 g/mol. The number of amides is 2. The predicted molar refractivity (Wildman–Crippen MR) is 82.8 cm³/mol. The molecule has 6 heteroatoms. The molecule has 0 fully saturated rings. The minimum absolute atomic E-state index is 0.0915. The van der Waals surface area contributed by atoms with Crippen molar-refractivity contribution in [2.75, 3.05) is 6.54 Å². The van der Waals surface area contributed by atoms with Crippen LogP contribution in [0.15, 0.2) is 48.5 Å². The van der Waals surface area contributed by atoms with Crippen molar-refractivity contribution >= 4 is 17.8 Å². The second-order valence-electron chi connectivity index (χ2n) is 5.17. The van der Waals surface area contributed by atoms with Gasteiger partial charge in [0, 0.05) is 5.56 Å². The Morgan fingerprint density at radius 1 is 1.00 bits per heavy atom. The van der Waals surface area contributed by atoms with Crippen LogP contribution in [0.1, 0.15) is 31.8 Å². The first kappa shape index (κ1) is 15.4. The van der Waals surface area contributed by atoms with Crippen LogP contribution >= 0.6 is 0 Å². The van der Waals surface area contributed by atoms with Crippen LogP contribution in [0.3, 0.4) is 0 Å². The Balaban J connectivity index is 1.65. The molecule has 0 atom stereocenters. The maximum Gasteiger partial charge on any atom is 0.326 e. The Labute approximate surface area is 137 Å². The molecule has 0 saturated carbocycles. The first-order valence-corrected chi connectivity index (χ1v) is 7.20. The van der Waals surface area contributed by atoms with Gasteiger partial charge in [-0.05, 0) is 18.2 Å². The summed E-state index contributed by atoms with van der Waals surface area (Å²) in [6.45, 7) is -0.549. The minimum atomic E-state index is -0.711. The molecule has 0 radical (unpaired) electrons. The van der Waals surface area contributed by atoms with Crippen molar-refractivity contribution in [1.82, 2.24) is 4.90 Å². The quantitative estimate of drug-likeness (QED) is 0.634. The zero-order valence-electron chi connectivity index (χ0n) is 12.6. The van der Waals surface area contributed by atoms with Gasteiger partial charge in [0.1, 0.15) is 13.2 Å². The molecular formula is C18H12N2O4. The normalized spacial score (nSPS) is 12.7. The third-order valence-electron chi connectivity index (χ3n) is 3.69. The molecular weight excluding hydrogens is 308 g/mol. The molecule has 3 rings (SSSR count). The number of ether oxygens (including phenoxy) is 1. The molecule has 0 saturated heterocycles. The van der Waals surface area contributed by atoms with E-state index in [2.05, 4.69) is 0 Å². The number of fused-ring (bicyclic) bond motifs is 1. The standard InChI is InChI=1S/C18H12N2O4/c19-9-12-5-1-2-6-13(12)11-24-16(21)10-20-17(22)14-7-3-4-8-15(14)18(20)23/h1-8H,10-11H2. The maximum atomic E-state index is 12.2. The molecule has 0 spiro atoms. The van der Waals surface area contributed by atoms with Crippen LogP contribution in [0.5, 0.6) is 0 Å². The van der Waals surface area contributed by atoms with Crippen molar-refractivity contribution < 1.29 is 19.1 Å². The van der Waals surface area contributed by atoms with Gasteiger partial charge in [0.05, 0.1) is 22.8 Å². The van der Waals surface area contributed by atoms with Gasteiger partial charge in [0.15, 0.2) is 0 Å². The Morgan fingerprint density at radius 2 is 1.58 bits per heavy atom. The molecule has 6 nitrogen and oxygen atoms in total. The highest BCUT2D eigenvalue weighted by molar-refractivity contribution is 6.22. The number of nitrogens with zero attached hydrogens (tertiary/aromatic N) is 2. The molecule has 0 N–H and O–H groups in total. The highest BCUT2D eigenvalue weighted by Gasteiger charge is 2.36. The van der Waals surface area contributed by atoms with Gasteiger partial charge in [0.2, 0.25) is 0 Å². The number of benzene rings is 2. The average molecular weight is 320 g/mol. The van der Waals surface area contributed by atoms with E-state index in [0.717, 1.165) is 4.90 Å². The van der Waals surface area contributed by atoms with Gasteiger partial charge in [-0.15, -0.1) is 0 Å². The molecule has 2 amide bonds. The zero-order chi connectivity index (χ0) is 17.1. The SMILES string of the molecule is N#Cc1ccccc1COC(=O)CN1C(=O)c2ccccc2C1=O. The number of hydrogen-bond acceptors (Lipinski definition) is 5. The molecule has 24 heavy (non-hydrogen) atoms. The third kappa shape index (κ3) is 2.75. The van der Waals surface area contributed by atoms with E-state index < -0.39 is 24.3 Å². The summed E-state index contributed by atoms with van der Waals surface area (Å²) in [5, 5.41) is 9.00. The Hall–Kier alpha value is -3.46. The summed E-state index contributed by atoms with van der Waals surface area (Å²) in [5.74, 6) is -1.73. The van der Waals surface area contributed by atoms with E-state index in [9.17, 15) is 14.4 Å². The molecule has 0 aliphatic carbocycles. The van der Waals surface area contributed by atoms with E-state index in [1.807, 2.05) is 6.07 Å². The largest absolute Gasteiger partial charge is 0.459 e. The van der Waals surface area contributed by atoms with E-state index >= 15 is 0 Å². The summed E-state index contributed by atoms with van der Waals surface area (Å²) in [7, 11) is 0. The van der Waals surface area contributed by atoms with Gasteiger partial charge in [-0.2, -0.15) is 5.26 Å². The number of hydrogen-bond donors (Lipinski definition) is 0. The number of carbonyl (C=O) groups is 3. The maximum absolute atomic E-state index is 12.2. The average Bonchev–Trinajstić information content (AvgIpc) is 2.85. The third-order valence-corrected chi connectivity index (χ3v) is 3.69. The van der Waals surface area contributed by atoms with Gasteiger partial charge in [-0.3, -0.25) is 19.3 Å². The summed E-state index contributed by atoms with van der Waals surface area (Å²) >= 11 is 0. The summed E-state index contributed by atoms with van der Waals surface area (Å²) in [6.07, 6.45) is 0. The molecule has 1 aliphatic heterocycles. The van der Waals surface area contributed by atoms with Crippen molar-refractivity contribution in [2.45, 2.75) is 6.61 Å². The van der Waals surface area contributed by atoms with E-state index in [-0.39, 0.29) is 17.7 Å². The highest BCUT2D eigenvalue weighted by Crippen LogP contribution is 2.22. The lowest BCUT2D eigenvalue weighted by atomic mass is 10.1. The summed E-state index contributed by atoms with van der Waals surface area (Å²) in [5.41, 5.74) is 1.54. The van der Waals surface area contributed by atoms with Gasteiger partial charge in [-0.1, -0.05) is 30.3 Å².